The van der Waals surface area contributed by atoms with Crippen molar-refractivity contribution in [1.29, 1.82) is 0 Å². The number of nitrogens with two attached hydrogens (primary N) is 2. The first-order valence-electron chi connectivity index (χ1n) is 15.2. The summed E-state index contributed by atoms with van der Waals surface area (Å²) in [5, 5.41) is 18.9. The Labute approximate surface area is 288 Å². The van der Waals surface area contributed by atoms with Crippen LogP contribution in [0.3, 0.4) is 0 Å². The molecule has 50 heavy (non-hydrogen) atoms. The number of nitrogens with zero attached hydrogens (tertiary/aromatic N) is 4. The van der Waals surface area contributed by atoms with E-state index in [-0.39, 0.29) is 43.3 Å². The van der Waals surface area contributed by atoms with Crippen LogP contribution in [0.4, 0.5) is 34.1 Å². The van der Waals surface area contributed by atoms with E-state index in [9.17, 15) is 25.9 Å². The summed E-state index contributed by atoms with van der Waals surface area (Å²) in [4.78, 5) is -0.616. The minimum Gasteiger partial charge on any atom is -0.396 e. The van der Waals surface area contributed by atoms with Gasteiger partial charge in [-0.2, -0.15) is 16.8 Å². The molecular formula is C36H32N6O6S2. The number of rotatable bonds is 7. The van der Waals surface area contributed by atoms with Crippen molar-refractivity contribution >= 4 is 75.9 Å². The van der Waals surface area contributed by atoms with Gasteiger partial charge in [0.05, 0.1) is 22.7 Å². The van der Waals surface area contributed by atoms with Crippen molar-refractivity contribution in [3.05, 3.63) is 107 Å². The van der Waals surface area contributed by atoms with E-state index in [1.165, 1.54) is 12.1 Å². The number of hydrogen-bond acceptors (Lipinski definition) is 10. The summed E-state index contributed by atoms with van der Waals surface area (Å²) >= 11 is 0. The first kappa shape index (κ1) is 34.3. The number of fused-ring (bicyclic) bond motifs is 2. The van der Waals surface area contributed by atoms with Gasteiger partial charge < -0.3 is 11.5 Å². The minimum atomic E-state index is -4.56. The lowest BCUT2D eigenvalue weighted by atomic mass is 9.95. The fourth-order valence-corrected chi connectivity index (χ4v) is 7.49. The molecule has 254 valence electrons. The van der Waals surface area contributed by atoms with E-state index >= 15 is 0 Å². The summed E-state index contributed by atoms with van der Waals surface area (Å²) in [7, 11) is -9.11. The van der Waals surface area contributed by atoms with Gasteiger partial charge in [0.15, 0.2) is 0 Å². The SMILES string of the molecule is Cc1cc(-c2cc(C)c(/N=N/c3cc(S(=O)(=O)O)c4ccccc4c3N)c(C)c2)cc(C)c1/N=N/c1cc(S(=O)(=O)O)c2ccccc2c1N. The van der Waals surface area contributed by atoms with Crippen molar-refractivity contribution in [2.45, 2.75) is 37.5 Å². The zero-order chi connectivity index (χ0) is 36.1. The van der Waals surface area contributed by atoms with Gasteiger partial charge in [-0.15, -0.1) is 20.5 Å². The molecule has 0 unspecified atom stereocenters. The molecule has 6 N–H and O–H groups in total. The highest BCUT2D eigenvalue weighted by atomic mass is 32.2. The largest absolute Gasteiger partial charge is 0.396 e. The van der Waals surface area contributed by atoms with E-state index in [4.69, 9.17) is 11.5 Å². The van der Waals surface area contributed by atoms with Crippen LogP contribution in [0, 0.1) is 27.7 Å². The molecule has 0 atom stereocenters. The van der Waals surface area contributed by atoms with Crippen LogP contribution in [0.1, 0.15) is 22.3 Å². The summed E-state index contributed by atoms with van der Waals surface area (Å²) in [5.74, 6) is 0. The number of hydrogen-bond donors (Lipinski definition) is 4. The Bertz CT molecular complexity index is 2440. The van der Waals surface area contributed by atoms with E-state index in [0.29, 0.717) is 22.1 Å². The molecule has 0 aliphatic carbocycles. The lowest BCUT2D eigenvalue weighted by molar-refractivity contribution is 0.482. The van der Waals surface area contributed by atoms with Crippen LogP contribution < -0.4 is 11.5 Å². The van der Waals surface area contributed by atoms with Crippen LogP contribution in [0.15, 0.2) is 115 Å². The number of nitrogen functional groups attached to an aromatic ring is 2. The Kier molecular flexibility index (Phi) is 8.74. The van der Waals surface area contributed by atoms with Crippen LogP contribution >= 0.6 is 0 Å². The normalized spacial score (nSPS) is 12.5. The summed E-state index contributed by atoms with van der Waals surface area (Å²) < 4.78 is 68.2. The summed E-state index contributed by atoms with van der Waals surface area (Å²) in [6, 6.07) is 23.4. The highest BCUT2D eigenvalue weighted by Gasteiger charge is 2.20. The van der Waals surface area contributed by atoms with Crippen LogP contribution in [-0.4, -0.2) is 25.9 Å². The molecule has 12 nitrogen and oxygen atoms in total. The monoisotopic (exact) mass is 708 g/mol. The summed E-state index contributed by atoms with van der Waals surface area (Å²) in [6.45, 7) is 7.54. The zero-order valence-corrected chi connectivity index (χ0v) is 29.0. The third kappa shape index (κ3) is 6.44. The van der Waals surface area contributed by atoms with Crippen molar-refractivity contribution in [3.63, 3.8) is 0 Å². The van der Waals surface area contributed by atoms with Crippen LogP contribution in [0.25, 0.3) is 32.7 Å². The van der Waals surface area contributed by atoms with Crippen molar-refractivity contribution in [1.82, 2.24) is 0 Å². The van der Waals surface area contributed by atoms with Gasteiger partial charge in [-0.25, -0.2) is 0 Å². The fourth-order valence-electron chi connectivity index (χ4n) is 6.06. The third-order valence-corrected chi connectivity index (χ3v) is 10.2. The Morgan fingerprint density at radius 3 is 1.08 bits per heavy atom. The topological polar surface area (TPSA) is 210 Å². The maximum absolute atomic E-state index is 12.1. The Hall–Kier alpha value is -5.54. The van der Waals surface area contributed by atoms with Crippen LogP contribution in [0.2, 0.25) is 0 Å². The molecule has 0 radical (unpaired) electrons. The molecule has 6 rings (SSSR count). The minimum absolute atomic E-state index is 0.106. The Morgan fingerprint density at radius 1 is 0.480 bits per heavy atom. The molecule has 0 saturated heterocycles. The predicted molar refractivity (Wildman–Crippen MR) is 196 cm³/mol. The molecule has 0 aromatic heterocycles. The average molecular weight is 709 g/mol. The van der Waals surface area contributed by atoms with Crippen molar-refractivity contribution in [3.8, 4) is 11.1 Å². The molecule has 6 aromatic rings. The van der Waals surface area contributed by atoms with Gasteiger partial charge in [-0.3, -0.25) is 9.11 Å². The Balaban J connectivity index is 1.34. The van der Waals surface area contributed by atoms with Crippen LogP contribution in [-0.2, 0) is 20.2 Å². The fraction of sp³-hybridized carbons (Fsp3) is 0.111. The van der Waals surface area contributed by atoms with Gasteiger partial charge in [0, 0.05) is 21.5 Å². The summed E-state index contributed by atoms with van der Waals surface area (Å²) in [6.07, 6.45) is 0. The van der Waals surface area contributed by atoms with Crippen molar-refractivity contribution in [2.75, 3.05) is 11.5 Å². The lowest BCUT2D eigenvalue weighted by Crippen LogP contribution is -2.01. The van der Waals surface area contributed by atoms with Gasteiger partial charge in [0.25, 0.3) is 20.2 Å². The first-order valence-corrected chi connectivity index (χ1v) is 18.1. The second kappa shape index (κ2) is 12.7. The van der Waals surface area contributed by atoms with Crippen LogP contribution in [0.5, 0.6) is 0 Å². The standard InChI is InChI=1S/C36H32N6O6S2/c1-19-13-23(14-20(2)35(19)41-39-29-17-31(49(43,44)45)25-9-5-7-11-27(25)33(29)37)24-15-21(3)36(22(4)16-24)42-40-30-18-32(50(46,47)48)26-10-6-8-12-28(26)34(30)38/h5-18H,37-38H2,1-4H3,(H,43,44,45)(H,46,47,48)/b41-39+,42-40+. The molecule has 0 saturated carbocycles. The average Bonchev–Trinajstić information content (AvgIpc) is 3.04. The smallest absolute Gasteiger partial charge is 0.295 e. The van der Waals surface area contributed by atoms with E-state index in [1.54, 1.807) is 48.5 Å². The second-order valence-electron chi connectivity index (χ2n) is 12.0. The quantitative estimate of drug-likeness (QED) is 0.0711. The maximum Gasteiger partial charge on any atom is 0.295 e. The molecule has 0 bridgehead atoms. The predicted octanol–water partition coefficient (Wildman–Crippen LogP) is 9.38. The van der Waals surface area contributed by atoms with E-state index in [2.05, 4.69) is 20.5 Å². The maximum atomic E-state index is 12.1. The van der Waals surface area contributed by atoms with Gasteiger partial charge in [0.2, 0.25) is 0 Å². The highest BCUT2D eigenvalue weighted by molar-refractivity contribution is 7.86. The molecule has 0 amide bonds. The molecule has 0 fully saturated rings. The Morgan fingerprint density at radius 2 is 0.780 bits per heavy atom. The number of aryl methyl sites for hydroxylation is 4. The molecule has 0 heterocycles. The van der Waals surface area contributed by atoms with Gasteiger partial charge in [-0.1, -0.05) is 48.5 Å². The van der Waals surface area contributed by atoms with E-state index in [1.807, 2.05) is 52.0 Å². The first-order chi connectivity index (χ1) is 23.5. The number of azo groups is 2. The zero-order valence-electron chi connectivity index (χ0n) is 27.4. The number of benzene rings is 6. The molecule has 0 spiro atoms. The molecule has 0 aliphatic heterocycles. The second-order valence-corrected chi connectivity index (χ2v) is 14.8. The molecular weight excluding hydrogens is 677 g/mol. The lowest BCUT2D eigenvalue weighted by Gasteiger charge is -2.13. The molecule has 6 aromatic carbocycles. The van der Waals surface area contributed by atoms with Gasteiger partial charge >= 0.3 is 0 Å². The van der Waals surface area contributed by atoms with Gasteiger partial charge in [-0.05, 0) is 97.5 Å². The third-order valence-electron chi connectivity index (χ3n) is 8.44. The van der Waals surface area contributed by atoms with E-state index < -0.39 is 20.2 Å². The molecule has 14 heteroatoms. The van der Waals surface area contributed by atoms with Crippen molar-refractivity contribution in [2.24, 2.45) is 20.5 Å². The molecule has 0 aliphatic rings. The summed E-state index contributed by atoms with van der Waals surface area (Å²) in [5.41, 5.74) is 19.5. The highest BCUT2D eigenvalue weighted by Crippen LogP contribution is 2.40. The number of anilines is 2. The van der Waals surface area contributed by atoms with Gasteiger partial charge in [0.1, 0.15) is 21.2 Å². The van der Waals surface area contributed by atoms with E-state index in [0.717, 1.165) is 33.4 Å². The van der Waals surface area contributed by atoms with Crippen molar-refractivity contribution < 1.29 is 25.9 Å².